The van der Waals surface area contributed by atoms with E-state index < -0.39 is 21.9 Å². The molecule has 0 aliphatic heterocycles. The standard InChI is InChI=1S/C9H12F3N3O2S/c1-18(16,17)15-5-4-13-7-2-3-14-8(6-7)9(10,11)12/h2-3,6,15H,4-5H2,1H3,(H,13,14). The Bertz CT molecular complexity index is 502. The van der Waals surface area contributed by atoms with Crippen LogP contribution in [0.25, 0.3) is 0 Å². The molecular formula is C9H12F3N3O2S. The van der Waals surface area contributed by atoms with Crippen molar-refractivity contribution >= 4 is 15.7 Å². The fraction of sp³-hybridized carbons (Fsp3) is 0.444. The topological polar surface area (TPSA) is 71.1 Å². The molecule has 5 nitrogen and oxygen atoms in total. The molecule has 0 aliphatic rings. The summed E-state index contributed by atoms with van der Waals surface area (Å²) in [6.07, 6.45) is -2.46. The van der Waals surface area contributed by atoms with E-state index in [1.54, 1.807) is 0 Å². The molecule has 1 aromatic heterocycles. The van der Waals surface area contributed by atoms with Gasteiger partial charge in [0.2, 0.25) is 10.0 Å². The predicted molar refractivity (Wildman–Crippen MR) is 60.6 cm³/mol. The highest BCUT2D eigenvalue weighted by atomic mass is 32.2. The van der Waals surface area contributed by atoms with E-state index in [-0.39, 0.29) is 18.8 Å². The molecule has 0 amide bonds. The van der Waals surface area contributed by atoms with Gasteiger partial charge in [0.05, 0.1) is 6.26 Å². The van der Waals surface area contributed by atoms with E-state index in [1.165, 1.54) is 6.07 Å². The van der Waals surface area contributed by atoms with Crippen molar-refractivity contribution in [1.29, 1.82) is 0 Å². The second-order valence-electron chi connectivity index (χ2n) is 3.52. The van der Waals surface area contributed by atoms with Crippen LogP contribution in [0.2, 0.25) is 0 Å². The Hall–Kier alpha value is -1.35. The van der Waals surface area contributed by atoms with Crippen molar-refractivity contribution in [1.82, 2.24) is 9.71 Å². The molecular weight excluding hydrogens is 271 g/mol. The molecule has 0 unspecified atom stereocenters. The highest BCUT2D eigenvalue weighted by molar-refractivity contribution is 7.88. The van der Waals surface area contributed by atoms with Gasteiger partial charge in [-0.05, 0) is 12.1 Å². The molecule has 0 saturated heterocycles. The molecule has 1 aromatic rings. The number of anilines is 1. The van der Waals surface area contributed by atoms with E-state index in [1.807, 2.05) is 0 Å². The highest BCUT2D eigenvalue weighted by Crippen LogP contribution is 2.28. The van der Waals surface area contributed by atoms with E-state index in [0.717, 1.165) is 18.5 Å². The first-order valence-corrected chi connectivity index (χ1v) is 6.79. The number of pyridine rings is 1. The summed E-state index contributed by atoms with van der Waals surface area (Å²) in [7, 11) is -3.29. The maximum atomic E-state index is 12.3. The van der Waals surface area contributed by atoms with Gasteiger partial charge < -0.3 is 5.32 Å². The van der Waals surface area contributed by atoms with Gasteiger partial charge in [-0.1, -0.05) is 0 Å². The van der Waals surface area contributed by atoms with Crippen molar-refractivity contribution in [3.05, 3.63) is 24.0 Å². The van der Waals surface area contributed by atoms with Crippen LogP contribution in [0.5, 0.6) is 0 Å². The largest absolute Gasteiger partial charge is 0.433 e. The van der Waals surface area contributed by atoms with Gasteiger partial charge in [0.1, 0.15) is 5.69 Å². The second kappa shape index (κ2) is 5.53. The maximum absolute atomic E-state index is 12.3. The third-order valence-electron chi connectivity index (χ3n) is 1.87. The van der Waals surface area contributed by atoms with Gasteiger partial charge in [-0.2, -0.15) is 13.2 Å². The van der Waals surface area contributed by atoms with E-state index in [2.05, 4.69) is 15.0 Å². The van der Waals surface area contributed by atoms with E-state index in [4.69, 9.17) is 0 Å². The van der Waals surface area contributed by atoms with Crippen molar-refractivity contribution < 1.29 is 21.6 Å². The Labute approximate surface area is 102 Å². The number of halogens is 3. The summed E-state index contributed by atoms with van der Waals surface area (Å²) >= 11 is 0. The summed E-state index contributed by atoms with van der Waals surface area (Å²) in [5.41, 5.74) is -0.767. The summed E-state index contributed by atoms with van der Waals surface area (Å²) in [6, 6.07) is 2.23. The minimum Gasteiger partial charge on any atom is -0.384 e. The van der Waals surface area contributed by atoms with Gasteiger partial charge in [0, 0.05) is 25.0 Å². The fourth-order valence-corrected chi connectivity index (χ4v) is 1.61. The van der Waals surface area contributed by atoms with Crippen LogP contribution >= 0.6 is 0 Å². The van der Waals surface area contributed by atoms with Crippen LogP contribution in [-0.2, 0) is 16.2 Å². The van der Waals surface area contributed by atoms with Crippen molar-refractivity contribution in [3.63, 3.8) is 0 Å². The third kappa shape index (κ3) is 5.32. The molecule has 0 aromatic carbocycles. The first kappa shape index (κ1) is 14.7. The minimum atomic E-state index is -4.50. The first-order valence-electron chi connectivity index (χ1n) is 4.90. The van der Waals surface area contributed by atoms with Crippen LogP contribution in [0.4, 0.5) is 18.9 Å². The van der Waals surface area contributed by atoms with Gasteiger partial charge in [0.25, 0.3) is 0 Å². The zero-order chi connectivity index (χ0) is 13.8. The van der Waals surface area contributed by atoms with Crippen LogP contribution in [0, 0.1) is 0 Å². The van der Waals surface area contributed by atoms with Gasteiger partial charge >= 0.3 is 6.18 Å². The number of sulfonamides is 1. The summed E-state index contributed by atoms with van der Waals surface area (Å²) < 4.78 is 60.7. The Morgan fingerprint density at radius 1 is 1.33 bits per heavy atom. The summed E-state index contributed by atoms with van der Waals surface area (Å²) in [5, 5.41) is 2.66. The lowest BCUT2D eigenvalue weighted by Gasteiger charge is -2.09. The van der Waals surface area contributed by atoms with Crippen molar-refractivity contribution in [2.75, 3.05) is 24.7 Å². The van der Waals surface area contributed by atoms with Crippen LogP contribution in [0.3, 0.4) is 0 Å². The predicted octanol–water partition coefficient (Wildman–Crippen LogP) is 1.06. The minimum absolute atomic E-state index is 0.0858. The van der Waals surface area contributed by atoms with Crippen molar-refractivity contribution in [3.8, 4) is 0 Å². The monoisotopic (exact) mass is 283 g/mol. The van der Waals surface area contributed by atoms with Crippen LogP contribution in [0.1, 0.15) is 5.69 Å². The van der Waals surface area contributed by atoms with Crippen LogP contribution < -0.4 is 10.0 Å². The van der Waals surface area contributed by atoms with E-state index >= 15 is 0 Å². The number of nitrogens with zero attached hydrogens (tertiary/aromatic N) is 1. The smallest absolute Gasteiger partial charge is 0.384 e. The van der Waals surface area contributed by atoms with Crippen molar-refractivity contribution in [2.24, 2.45) is 0 Å². The Morgan fingerprint density at radius 2 is 2.00 bits per heavy atom. The molecule has 0 atom stereocenters. The Balaban J connectivity index is 2.53. The number of hydrogen-bond acceptors (Lipinski definition) is 4. The van der Waals surface area contributed by atoms with E-state index in [9.17, 15) is 21.6 Å². The highest BCUT2D eigenvalue weighted by Gasteiger charge is 2.32. The van der Waals surface area contributed by atoms with E-state index in [0.29, 0.717) is 0 Å². The number of aromatic nitrogens is 1. The van der Waals surface area contributed by atoms with Gasteiger partial charge in [-0.15, -0.1) is 0 Å². The molecule has 18 heavy (non-hydrogen) atoms. The van der Waals surface area contributed by atoms with Gasteiger partial charge in [-0.25, -0.2) is 13.1 Å². The lowest BCUT2D eigenvalue weighted by Crippen LogP contribution is -2.27. The second-order valence-corrected chi connectivity index (χ2v) is 5.35. The lowest BCUT2D eigenvalue weighted by atomic mass is 10.3. The first-order chi connectivity index (χ1) is 8.18. The molecule has 1 rings (SSSR count). The fourth-order valence-electron chi connectivity index (χ4n) is 1.14. The molecule has 0 radical (unpaired) electrons. The molecule has 0 bridgehead atoms. The van der Waals surface area contributed by atoms with Gasteiger partial charge in [0.15, 0.2) is 0 Å². The maximum Gasteiger partial charge on any atom is 0.433 e. The SMILES string of the molecule is CS(=O)(=O)NCCNc1ccnc(C(F)(F)F)c1. The Kier molecular flexibility index (Phi) is 4.52. The number of hydrogen-bond donors (Lipinski definition) is 2. The summed E-state index contributed by atoms with van der Waals surface area (Å²) in [5.74, 6) is 0. The average molecular weight is 283 g/mol. The molecule has 0 saturated carbocycles. The van der Waals surface area contributed by atoms with Crippen molar-refractivity contribution in [2.45, 2.75) is 6.18 Å². The molecule has 2 N–H and O–H groups in total. The van der Waals surface area contributed by atoms with Crippen LogP contribution in [-0.4, -0.2) is 32.7 Å². The molecule has 1 heterocycles. The third-order valence-corrected chi connectivity index (χ3v) is 2.60. The Morgan fingerprint density at radius 3 is 2.56 bits per heavy atom. The molecule has 102 valence electrons. The molecule has 9 heteroatoms. The number of alkyl halides is 3. The van der Waals surface area contributed by atoms with Gasteiger partial charge in [-0.3, -0.25) is 4.98 Å². The quantitative estimate of drug-likeness (QED) is 0.793. The average Bonchev–Trinajstić information content (AvgIpc) is 2.22. The zero-order valence-electron chi connectivity index (χ0n) is 9.45. The summed E-state index contributed by atoms with van der Waals surface area (Å²) in [4.78, 5) is 3.20. The zero-order valence-corrected chi connectivity index (χ0v) is 10.3. The molecule has 0 aliphatic carbocycles. The normalized spacial score (nSPS) is 12.4. The number of nitrogens with one attached hydrogen (secondary N) is 2. The van der Waals surface area contributed by atoms with Crippen LogP contribution in [0.15, 0.2) is 18.3 Å². The number of rotatable bonds is 5. The molecule has 0 fully saturated rings. The lowest BCUT2D eigenvalue weighted by molar-refractivity contribution is -0.141. The molecule has 0 spiro atoms. The summed E-state index contributed by atoms with van der Waals surface area (Å²) in [6.45, 7) is 0.261.